The van der Waals surface area contributed by atoms with E-state index in [9.17, 15) is 4.79 Å². The van der Waals surface area contributed by atoms with E-state index in [2.05, 4.69) is 51.7 Å². The summed E-state index contributed by atoms with van der Waals surface area (Å²) in [6.45, 7) is 1.64. The van der Waals surface area contributed by atoms with Crippen LogP contribution in [0.2, 0.25) is 0 Å². The first-order valence-corrected chi connectivity index (χ1v) is 7.45. The maximum absolute atomic E-state index is 12.1. The van der Waals surface area contributed by atoms with E-state index in [4.69, 9.17) is 5.73 Å². The van der Waals surface area contributed by atoms with Gasteiger partial charge in [-0.1, -0.05) is 33.3 Å². The van der Waals surface area contributed by atoms with Crippen LogP contribution >= 0.6 is 15.9 Å². The van der Waals surface area contributed by atoms with Crippen LogP contribution in [0.5, 0.6) is 0 Å². The minimum absolute atomic E-state index is 0.0446. The number of nitrogen functional groups attached to an aromatic ring is 1. The van der Waals surface area contributed by atoms with Crippen molar-refractivity contribution >= 4 is 33.9 Å². The molecule has 1 amide bonds. The molecule has 3 N–H and O–H groups in total. The highest BCUT2D eigenvalue weighted by Gasteiger charge is 2.20. The Balaban J connectivity index is 1.73. The zero-order valence-electron chi connectivity index (χ0n) is 12.3. The van der Waals surface area contributed by atoms with Gasteiger partial charge in [0, 0.05) is 4.47 Å². The Morgan fingerprint density at radius 3 is 2.79 bits per heavy atom. The third-order valence-electron chi connectivity index (χ3n) is 3.06. The Morgan fingerprint density at radius 2 is 2.12 bits per heavy atom. The smallest absolute Gasteiger partial charge is 0.293 e. The largest absolute Gasteiger partial charge is 0.378 e. The summed E-state index contributed by atoms with van der Waals surface area (Å²) < 4.78 is 6.72. The van der Waals surface area contributed by atoms with Crippen LogP contribution in [0, 0.1) is 6.92 Å². The van der Waals surface area contributed by atoms with E-state index in [1.54, 1.807) is 6.92 Å². The number of benzene rings is 1. The number of carbonyl (C=O) groups excluding carboxylic acids is 1. The maximum atomic E-state index is 12.1. The van der Waals surface area contributed by atoms with Crippen LogP contribution in [0.1, 0.15) is 21.7 Å². The molecule has 0 fully saturated rings. The van der Waals surface area contributed by atoms with E-state index >= 15 is 0 Å². The van der Waals surface area contributed by atoms with Gasteiger partial charge < -0.3 is 5.73 Å². The number of rotatable bonds is 4. The first-order chi connectivity index (χ1) is 11.6. The van der Waals surface area contributed by atoms with Crippen LogP contribution in [0.4, 0.5) is 5.82 Å². The number of hydrogen-bond acceptors (Lipinski definition) is 8. The van der Waals surface area contributed by atoms with Crippen LogP contribution in [0.15, 0.2) is 38.5 Å². The summed E-state index contributed by atoms with van der Waals surface area (Å²) >= 11 is 3.34. The second-order valence-corrected chi connectivity index (χ2v) is 5.57. The van der Waals surface area contributed by atoms with Crippen molar-refractivity contribution in [3.63, 3.8) is 0 Å². The molecule has 3 rings (SSSR count). The van der Waals surface area contributed by atoms with Gasteiger partial charge in [0.1, 0.15) is 0 Å². The first-order valence-electron chi connectivity index (χ1n) is 6.66. The lowest BCUT2D eigenvalue weighted by atomic mass is 10.2. The van der Waals surface area contributed by atoms with E-state index in [0.29, 0.717) is 5.69 Å². The van der Waals surface area contributed by atoms with Crippen molar-refractivity contribution in [2.45, 2.75) is 6.92 Å². The summed E-state index contributed by atoms with van der Waals surface area (Å²) in [4.78, 5) is 12.1. The molecule has 0 radical (unpaired) electrons. The minimum Gasteiger partial charge on any atom is -0.378 e. The number of halogens is 1. The molecule has 0 bridgehead atoms. The second-order valence-electron chi connectivity index (χ2n) is 4.66. The second kappa shape index (κ2) is 6.58. The summed E-state index contributed by atoms with van der Waals surface area (Å²) in [6, 6.07) is 7.44. The molecule has 122 valence electrons. The van der Waals surface area contributed by atoms with Gasteiger partial charge in [0.05, 0.1) is 11.9 Å². The van der Waals surface area contributed by atoms with E-state index in [0.717, 1.165) is 10.0 Å². The molecule has 0 aliphatic rings. The van der Waals surface area contributed by atoms with Crippen molar-refractivity contribution in [2.24, 2.45) is 5.10 Å². The van der Waals surface area contributed by atoms with Crippen molar-refractivity contribution < 1.29 is 9.42 Å². The molecule has 0 atom stereocenters. The van der Waals surface area contributed by atoms with E-state index in [-0.39, 0.29) is 17.3 Å². The Hall–Kier alpha value is -3.08. The molecule has 0 aliphatic carbocycles. The topological polar surface area (TPSA) is 137 Å². The fraction of sp³-hybridized carbons (Fsp3) is 0.0769. The third-order valence-corrected chi connectivity index (χ3v) is 3.58. The standard InChI is InChI=1S/C13H11BrN8O2/c1-7-10(17-21-22(7)12-11(15)19-24-20-12)13(23)18-16-6-8-2-4-9(14)5-3-8/h2-6H,1H3,(H2,15,19)(H,18,23)/b16-6+. The molecule has 0 aliphatic heterocycles. The Bertz CT molecular complexity index is 899. The molecule has 2 aromatic heterocycles. The number of carbonyl (C=O) groups is 1. The molecular formula is C13H11BrN8O2. The van der Waals surface area contributed by atoms with Gasteiger partial charge in [0.25, 0.3) is 5.91 Å². The van der Waals surface area contributed by atoms with Gasteiger partial charge in [-0.2, -0.15) is 9.78 Å². The van der Waals surface area contributed by atoms with Crippen molar-refractivity contribution in [3.8, 4) is 5.82 Å². The fourth-order valence-electron chi connectivity index (χ4n) is 1.85. The number of hydrazone groups is 1. The Labute approximate surface area is 143 Å². The highest BCUT2D eigenvalue weighted by molar-refractivity contribution is 9.10. The number of hydrogen-bond donors (Lipinski definition) is 2. The first kappa shape index (κ1) is 15.8. The number of aromatic nitrogens is 5. The van der Waals surface area contributed by atoms with Gasteiger partial charge >= 0.3 is 0 Å². The molecule has 0 saturated heterocycles. The molecule has 1 aromatic carbocycles. The molecule has 24 heavy (non-hydrogen) atoms. The number of anilines is 1. The normalized spacial score (nSPS) is 11.1. The molecule has 3 aromatic rings. The number of nitrogens with zero attached hydrogens (tertiary/aromatic N) is 6. The van der Waals surface area contributed by atoms with Crippen LogP contribution in [-0.4, -0.2) is 37.4 Å². The summed E-state index contributed by atoms with van der Waals surface area (Å²) in [6.07, 6.45) is 1.52. The van der Waals surface area contributed by atoms with Crippen LogP contribution in [0.25, 0.3) is 5.82 Å². The van der Waals surface area contributed by atoms with Gasteiger partial charge in [-0.05, 0) is 34.9 Å². The van der Waals surface area contributed by atoms with Crippen molar-refractivity contribution in [2.75, 3.05) is 5.73 Å². The third kappa shape index (κ3) is 3.15. The Kier molecular flexibility index (Phi) is 4.33. The monoisotopic (exact) mass is 390 g/mol. The van der Waals surface area contributed by atoms with Crippen molar-refractivity contribution in [1.29, 1.82) is 0 Å². The maximum Gasteiger partial charge on any atom is 0.293 e. The highest BCUT2D eigenvalue weighted by Crippen LogP contribution is 2.14. The average Bonchev–Trinajstić information content (AvgIpc) is 3.14. The van der Waals surface area contributed by atoms with Crippen molar-refractivity contribution in [1.82, 2.24) is 30.7 Å². The number of nitrogens with one attached hydrogen (secondary N) is 1. The highest BCUT2D eigenvalue weighted by atomic mass is 79.9. The summed E-state index contributed by atoms with van der Waals surface area (Å²) in [5.74, 6) is -0.303. The van der Waals surface area contributed by atoms with Crippen molar-refractivity contribution in [3.05, 3.63) is 45.7 Å². The predicted molar refractivity (Wildman–Crippen MR) is 87.6 cm³/mol. The Morgan fingerprint density at radius 1 is 1.38 bits per heavy atom. The quantitative estimate of drug-likeness (QED) is 0.501. The lowest BCUT2D eigenvalue weighted by Gasteiger charge is -1.99. The van der Waals surface area contributed by atoms with E-state index in [1.165, 1.54) is 10.9 Å². The SMILES string of the molecule is Cc1c(C(=O)N/N=C/c2ccc(Br)cc2)nnn1-c1nonc1N. The lowest BCUT2D eigenvalue weighted by Crippen LogP contribution is -2.19. The van der Waals surface area contributed by atoms with Gasteiger partial charge in [-0.25, -0.2) is 10.1 Å². The summed E-state index contributed by atoms with van der Waals surface area (Å²) in [7, 11) is 0. The number of nitrogens with two attached hydrogens (primary N) is 1. The summed E-state index contributed by atoms with van der Waals surface area (Å²) in [5.41, 5.74) is 9.33. The van der Waals surface area contributed by atoms with E-state index in [1.807, 2.05) is 24.3 Å². The fourth-order valence-corrected chi connectivity index (χ4v) is 2.11. The molecule has 10 nitrogen and oxygen atoms in total. The zero-order chi connectivity index (χ0) is 17.1. The van der Waals surface area contributed by atoms with E-state index < -0.39 is 5.91 Å². The van der Waals surface area contributed by atoms with Gasteiger partial charge in [0.15, 0.2) is 5.69 Å². The van der Waals surface area contributed by atoms with Crippen LogP contribution in [-0.2, 0) is 0 Å². The van der Waals surface area contributed by atoms with Gasteiger partial charge in [-0.15, -0.1) is 5.10 Å². The lowest BCUT2D eigenvalue weighted by molar-refractivity contribution is 0.0949. The molecule has 0 saturated carbocycles. The molecule has 0 spiro atoms. The van der Waals surface area contributed by atoms with Gasteiger partial charge in [-0.3, -0.25) is 4.79 Å². The zero-order valence-corrected chi connectivity index (χ0v) is 13.9. The minimum atomic E-state index is -0.512. The average molecular weight is 391 g/mol. The molecule has 2 heterocycles. The van der Waals surface area contributed by atoms with Gasteiger partial charge in [0.2, 0.25) is 11.6 Å². The molecular weight excluding hydrogens is 380 g/mol. The van der Waals surface area contributed by atoms with Crippen LogP contribution < -0.4 is 11.2 Å². The van der Waals surface area contributed by atoms with Crippen LogP contribution in [0.3, 0.4) is 0 Å². The predicted octanol–water partition coefficient (Wildman–Crippen LogP) is 1.07. The molecule has 0 unspecified atom stereocenters. The molecule has 11 heteroatoms. The summed E-state index contributed by atoms with van der Waals surface area (Å²) in [5, 5.41) is 18.6. The number of amides is 1.